The molecule has 0 spiro atoms. The maximum Gasteiger partial charge on any atom is 0.139 e. The normalized spacial score (nSPS) is 18.3. The quantitative estimate of drug-likeness (QED) is 0.800. The maximum absolute atomic E-state index is 5.09. The number of amidine groups is 1. The lowest BCUT2D eigenvalue weighted by atomic mass is 10.2. The lowest BCUT2D eigenvalue weighted by Crippen LogP contribution is -2.47. The number of benzene rings is 1. The summed E-state index contributed by atoms with van der Waals surface area (Å²) in [6.45, 7) is 7.43. The second-order valence-electron chi connectivity index (χ2n) is 6.13. The monoisotopic (exact) mass is 326 g/mol. The van der Waals surface area contributed by atoms with E-state index in [1.54, 1.807) is 11.3 Å². The highest BCUT2D eigenvalue weighted by atomic mass is 32.1. The van der Waals surface area contributed by atoms with Crippen molar-refractivity contribution in [2.45, 2.75) is 6.92 Å². The Hall–Kier alpha value is -1.85. The molecule has 0 N–H and O–H groups in total. The fraction of sp³-hybridized carbons (Fsp3) is 0.389. The maximum atomic E-state index is 5.09. The third-order valence-corrected chi connectivity index (χ3v) is 5.42. The largest absolute Gasteiger partial charge is 0.353 e. The molecule has 3 heterocycles. The summed E-state index contributed by atoms with van der Waals surface area (Å²) in [5.41, 5.74) is 4.85. The molecule has 0 amide bonds. The van der Waals surface area contributed by atoms with E-state index in [1.165, 1.54) is 16.9 Å². The zero-order valence-electron chi connectivity index (χ0n) is 13.7. The van der Waals surface area contributed by atoms with Crippen LogP contribution < -0.4 is 4.90 Å². The number of rotatable bonds is 1. The highest BCUT2D eigenvalue weighted by molar-refractivity contribution is 7.08. The number of aliphatic imine (C=N–C) groups is 1. The third kappa shape index (κ3) is 2.54. The van der Waals surface area contributed by atoms with Gasteiger partial charge in [0.05, 0.1) is 22.6 Å². The average Bonchev–Trinajstić information content (AvgIpc) is 3.00. The van der Waals surface area contributed by atoms with E-state index in [0.29, 0.717) is 0 Å². The first-order valence-electron chi connectivity index (χ1n) is 8.23. The van der Waals surface area contributed by atoms with Gasteiger partial charge in [0.1, 0.15) is 5.84 Å². The first kappa shape index (κ1) is 14.7. The Kier molecular flexibility index (Phi) is 3.83. The van der Waals surface area contributed by atoms with E-state index in [4.69, 9.17) is 4.99 Å². The Labute approximate surface area is 141 Å². The molecule has 0 unspecified atom stereocenters. The van der Waals surface area contributed by atoms with Gasteiger partial charge in [0.15, 0.2) is 0 Å². The summed E-state index contributed by atoms with van der Waals surface area (Å²) in [5.74, 6) is 1.14. The standard InChI is InChI=1S/C18H22N4S/c1-3-22-16-7-5-4-6-15(16)19-18(14-12-23-13-17(14)22)21-10-8-20(2)9-11-21/h4-7,12-13H,3,8-11H2,1-2H3. The lowest BCUT2D eigenvalue weighted by Gasteiger charge is -2.34. The Morgan fingerprint density at radius 2 is 1.83 bits per heavy atom. The van der Waals surface area contributed by atoms with Crippen LogP contribution in [-0.2, 0) is 0 Å². The lowest BCUT2D eigenvalue weighted by molar-refractivity contribution is 0.216. The summed E-state index contributed by atoms with van der Waals surface area (Å²) < 4.78 is 0. The minimum Gasteiger partial charge on any atom is -0.353 e. The van der Waals surface area contributed by atoms with Crippen molar-refractivity contribution in [3.05, 3.63) is 40.6 Å². The van der Waals surface area contributed by atoms with Crippen LogP contribution in [0.2, 0.25) is 0 Å². The van der Waals surface area contributed by atoms with Gasteiger partial charge in [-0.15, -0.1) is 11.3 Å². The van der Waals surface area contributed by atoms with Crippen LogP contribution >= 0.6 is 11.3 Å². The van der Waals surface area contributed by atoms with E-state index in [9.17, 15) is 0 Å². The molecular weight excluding hydrogens is 304 g/mol. The fourth-order valence-electron chi connectivity index (χ4n) is 3.36. The minimum absolute atomic E-state index is 0.951. The molecule has 1 saturated heterocycles. The molecule has 4 nitrogen and oxygen atoms in total. The van der Waals surface area contributed by atoms with Gasteiger partial charge in [-0.2, -0.15) is 0 Å². The van der Waals surface area contributed by atoms with Gasteiger partial charge in [-0.3, -0.25) is 0 Å². The number of hydrogen-bond acceptors (Lipinski definition) is 5. The minimum atomic E-state index is 0.951. The molecule has 1 fully saturated rings. The molecule has 2 aromatic rings. The summed E-state index contributed by atoms with van der Waals surface area (Å²) in [6.07, 6.45) is 0. The molecule has 1 aromatic carbocycles. The number of fused-ring (bicyclic) bond motifs is 2. The zero-order chi connectivity index (χ0) is 15.8. The molecule has 4 rings (SSSR count). The molecule has 2 aliphatic rings. The van der Waals surface area contributed by atoms with Gasteiger partial charge in [0.25, 0.3) is 0 Å². The van der Waals surface area contributed by atoms with E-state index >= 15 is 0 Å². The summed E-state index contributed by atoms with van der Waals surface area (Å²) in [4.78, 5) is 12.3. The van der Waals surface area contributed by atoms with Crippen LogP contribution in [0.4, 0.5) is 17.1 Å². The van der Waals surface area contributed by atoms with Crippen molar-refractivity contribution in [1.82, 2.24) is 9.80 Å². The molecule has 120 valence electrons. The molecule has 0 aliphatic carbocycles. The highest BCUT2D eigenvalue weighted by Gasteiger charge is 2.27. The number of piperazine rings is 1. The molecule has 1 aromatic heterocycles. The molecule has 0 radical (unpaired) electrons. The predicted octanol–water partition coefficient (Wildman–Crippen LogP) is 3.55. The number of hydrogen-bond donors (Lipinski definition) is 0. The van der Waals surface area contributed by atoms with Gasteiger partial charge < -0.3 is 14.7 Å². The summed E-state index contributed by atoms with van der Waals surface area (Å²) in [5, 5.41) is 4.51. The van der Waals surface area contributed by atoms with E-state index in [-0.39, 0.29) is 0 Å². The van der Waals surface area contributed by atoms with Crippen molar-refractivity contribution >= 4 is 34.2 Å². The van der Waals surface area contributed by atoms with Crippen LogP contribution in [-0.4, -0.2) is 55.4 Å². The average molecular weight is 326 g/mol. The van der Waals surface area contributed by atoms with Crippen LogP contribution in [0.3, 0.4) is 0 Å². The van der Waals surface area contributed by atoms with Gasteiger partial charge in [0.2, 0.25) is 0 Å². The SMILES string of the molecule is CCN1c2ccccc2N=C(N2CCN(C)CC2)c2cscc21. The summed E-state index contributed by atoms with van der Waals surface area (Å²) in [7, 11) is 2.19. The van der Waals surface area contributed by atoms with Crippen molar-refractivity contribution in [2.24, 2.45) is 4.99 Å². The van der Waals surface area contributed by atoms with E-state index in [0.717, 1.165) is 44.2 Å². The van der Waals surface area contributed by atoms with Gasteiger partial charge in [-0.1, -0.05) is 12.1 Å². The topological polar surface area (TPSA) is 22.1 Å². The van der Waals surface area contributed by atoms with Crippen LogP contribution in [0.15, 0.2) is 40.0 Å². The summed E-state index contributed by atoms with van der Waals surface area (Å²) >= 11 is 1.77. The van der Waals surface area contributed by atoms with Crippen molar-refractivity contribution in [3.63, 3.8) is 0 Å². The van der Waals surface area contributed by atoms with Gasteiger partial charge in [0, 0.05) is 43.5 Å². The van der Waals surface area contributed by atoms with Crippen molar-refractivity contribution < 1.29 is 0 Å². The Morgan fingerprint density at radius 3 is 2.61 bits per heavy atom. The molecular formula is C18H22N4S. The number of anilines is 2. The van der Waals surface area contributed by atoms with E-state index in [2.05, 4.69) is 63.7 Å². The third-order valence-electron chi connectivity index (χ3n) is 4.69. The van der Waals surface area contributed by atoms with Gasteiger partial charge in [-0.05, 0) is 26.1 Å². The Bertz CT molecular complexity index is 728. The van der Waals surface area contributed by atoms with Gasteiger partial charge >= 0.3 is 0 Å². The Morgan fingerprint density at radius 1 is 1.04 bits per heavy atom. The van der Waals surface area contributed by atoms with Crippen LogP contribution in [0.1, 0.15) is 12.5 Å². The molecule has 0 saturated carbocycles. The molecule has 23 heavy (non-hydrogen) atoms. The number of likely N-dealkylation sites (N-methyl/N-ethyl adjacent to an activating group) is 1. The first-order chi connectivity index (χ1) is 11.3. The Balaban J connectivity index is 1.84. The first-order valence-corrected chi connectivity index (χ1v) is 9.17. The van der Waals surface area contributed by atoms with E-state index in [1.807, 2.05) is 0 Å². The number of nitrogens with zero attached hydrogens (tertiary/aromatic N) is 4. The fourth-order valence-corrected chi connectivity index (χ4v) is 4.17. The van der Waals surface area contributed by atoms with Crippen LogP contribution in [0, 0.1) is 0 Å². The number of para-hydroxylation sites is 2. The van der Waals surface area contributed by atoms with Crippen molar-refractivity contribution in [1.29, 1.82) is 0 Å². The predicted molar refractivity (Wildman–Crippen MR) is 98.7 cm³/mol. The van der Waals surface area contributed by atoms with E-state index < -0.39 is 0 Å². The number of thiophene rings is 1. The van der Waals surface area contributed by atoms with Crippen LogP contribution in [0.5, 0.6) is 0 Å². The highest BCUT2D eigenvalue weighted by Crippen LogP contribution is 2.41. The second-order valence-corrected chi connectivity index (χ2v) is 6.87. The summed E-state index contributed by atoms with van der Waals surface area (Å²) in [6, 6.07) is 8.49. The van der Waals surface area contributed by atoms with Crippen molar-refractivity contribution in [3.8, 4) is 0 Å². The second kappa shape index (κ2) is 5.98. The molecule has 0 atom stereocenters. The zero-order valence-corrected chi connectivity index (χ0v) is 14.5. The van der Waals surface area contributed by atoms with Crippen LogP contribution in [0.25, 0.3) is 0 Å². The molecule has 2 aliphatic heterocycles. The smallest absolute Gasteiger partial charge is 0.139 e. The molecule has 0 bridgehead atoms. The van der Waals surface area contributed by atoms with Crippen molar-refractivity contribution in [2.75, 3.05) is 44.7 Å². The van der Waals surface area contributed by atoms with Gasteiger partial charge in [-0.25, -0.2) is 4.99 Å². The molecule has 5 heteroatoms.